The van der Waals surface area contributed by atoms with Crippen LogP contribution in [-0.2, 0) is 0 Å². The first-order chi connectivity index (χ1) is 16.4. The first-order valence-corrected chi connectivity index (χ1v) is 14.6. The zero-order valence-corrected chi connectivity index (χ0v) is 22.2. The van der Waals surface area contributed by atoms with Gasteiger partial charge in [0.25, 0.3) is 0 Å². The Balaban J connectivity index is 1.67. The minimum absolute atomic E-state index is 0.506. The predicted octanol–water partition coefficient (Wildman–Crippen LogP) is 10.1. The van der Waals surface area contributed by atoms with Crippen LogP contribution in [0.4, 0.5) is 5.69 Å². The molecule has 0 aliphatic carbocycles. The van der Waals surface area contributed by atoms with Gasteiger partial charge in [-0.2, -0.15) is 0 Å². The molecule has 188 valence electrons. The van der Waals surface area contributed by atoms with Crippen LogP contribution in [-0.4, -0.2) is 17.6 Å². The Bertz CT molecular complexity index is 582. The van der Waals surface area contributed by atoms with Crippen molar-refractivity contribution in [1.82, 2.24) is 4.90 Å². The Labute approximate surface area is 206 Å². The Morgan fingerprint density at radius 3 is 1.58 bits per heavy atom. The average molecular weight is 455 g/mol. The summed E-state index contributed by atoms with van der Waals surface area (Å²) in [6.07, 6.45) is 31.7. The summed E-state index contributed by atoms with van der Waals surface area (Å²) in [6, 6.07) is 11.0. The maximum absolute atomic E-state index is 2.62. The summed E-state index contributed by atoms with van der Waals surface area (Å²) in [4.78, 5) is 5.14. The predicted molar refractivity (Wildman–Crippen MR) is 148 cm³/mol. The number of unbranched alkanes of at least 4 members (excludes halogenated alkanes) is 16. The minimum Gasteiger partial charge on any atom is -0.356 e. The highest BCUT2D eigenvalue weighted by atomic mass is 15.4. The Morgan fingerprint density at radius 1 is 0.545 bits per heavy atom. The van der Waals surface area contributed by atoms with Gasteiger partial charge < -0.3 is 9.80 Å². The summed E-state index contributed by atoms with van der Waals surface area (Å²) in [6.45, 7) is 5.81. The average Bonchev–Trinajstić information content (AvgIpc) is 3.25. The molecule has 0 fully saturated rings. The number of anilines is 1. The lowest BCUT2D eigenvalue weighted by atomic mass is 10.0. The molecule has 1 aromatic rings. The summed E-state index contributed by atoms with van der Waals surface area (Å²) in [7, 11) is 0. The normalized spacial score (nSPS) is 15.6. The van der Waals surface area contributed by atoms with Crippen LogP contribution >= 0.6 is 0 Å². The Morgan fingerprint density at radius 2 is 1.03 bits per heavy atom. The molecule has 2 heteroatoms. The number of para-hydroxylation sites is 1. The van der Waals surface area contributed by atoms with Gasteiger partial charge in [-0.05, 0) is 31.4 Å². The zero-order chi connectivity index (χ0) is 23.4. The Hall–Kier alpha value is -1.44. The second-order valence-electron chi connectivity index (χ2n) is 10.2. The first kappa shape index (κ1) is 27.8. The highest BCUT2D eigenvalue weighted by molar-refractivity contribution is 5.51. The molecule has 0 spiro atoms. The van der Waals surface area contributed by atoms with Crippen molar-refractivity contribution in [2.75, 3.05) is 11.4 Å². The third-order valence-electron chi connectivity index (χ3n) is 7.26. The molecule has 0 bridgehead atoms. The van der Waals surface area contributed by atoms with E-state index in [-0.39, 0.29) is 0 Å². The number of benzene rings is 1. The molecule has 2 rings (SSSR count). The van der Waals surface area contributed by atoms with Crippen molar-refractivity contribution in [2.24, 2.45) is 0 Å². The van der Waals surface area contributed by atoms with Gasteiger partial charge in [-0.15, -0.1) is 0 Å². The van der Waals surface area contributed by atoms with Gasteiger partial charge in [-0.3, -0.25) is 0 Å². The van der Waals surface area contributed by atoms with Gasteiger partial charge >= 0.3 is 0 Å². The molecule has 1 atom stereocenters. The summed E-state index contributed by atoms with van der Waals surface area (Å²) < 4.78 is 0. The highest BCUT2D eigenvalue weighted by Gasteiger charge is 2.26. The van der Waals surface area contributed by atoms with Crippen molar-refractivity contribution in [3.8, 4) is 0 Å². The van der Waals surface area contributed by atoms with Crippen LogP contribution in [0.15, 0.2) is 42.7 Å². The quantitative estimate of drug-likeness (QED) is 0.170. The van der Waals surface area contributed by atoms with Gasteiger partial charge in [-0.1, -0.05) is 135 Å². The van der Waals surface area contributed by atoms with E-state index in [1.807, 2.05) is 0 Å². The second-order valence-corrected chi connectivity index (χ2v) is 10.2. The molecule has 0 amide bonds. The lowest BCUT2D eigenvalue weighted by Gasteiger charge is -2.33. The molecular formula is C31H54N2. The molecule has 0 aromatic heterocycles. The maximum Gasteiger partial charge on any atom is 0.105 e. The van der Waals surface area contributed by atoms with E-state index >= 15 is 0 Å². The second kappa shape index (κ2) is 18.9. The molecule has 0 saturated heterocycles. The van der Waals surface area contributed by atoms with Gasteiger partial charge in [0.1, 0.15) is 6.17 Å². The van der Waals surface area contributed by atoms with Crippen LogP contribution in [0.5, 0.6) is 0 Å². The zero-order valence-electron chi connectivity index (χ0n) is 22.2. The number of hydrogen-bond acceptors (Lipinski definition) is 2. The minimum atomic E-state index is 0.506. The van der Waals surface area contributed by atoms with E-state index in [1.54, 1.807) is 0 Å². The van der Waals surface area contributed by atoms with E-state index in [9.17, 15) is 0 Å². The standard InChI is InChI=1S/C31H54N2/c1-3-5-7-9-11-13-15-17-22-26-31-32(27-23-18-16-14-12-10-8-6-4-2)28-29-33(31)30-24-20-19-21-25-30/h19-21,24-25,28-29,31H,3-18,22-23,26-27H2,1-2H3. The first-order valence-electron chi connectivity index (χ1n) is 14.6. The van der Waals surface area contributed by atoms with Crippen molar-refractivity contribution >= 4 is 5.69 Å². The van der Waals surface area contributed by atoms with Crippen molar-refractivity contribution < 1.29 is 0 Å². The fourth-order valence-electron chi connectivity index (χ4n) is 5.15. The Kier molecular flexibility index (Phi) is 15.9. The third kappa shape index (κ3) is 12.0. The van der Waals surface area contributed by atoms with Gasteiger partial charge in [0.05, 0.1) is 0 Å². The van der Waals surface area contributed by atoms with Crippen molar-refractivity contribution in [1.29, 1.82) is 0 Å². The molecule has 1 aromatic carbocycles. The van der Waals surface area contributed by atoms with Crippen LogP contribution in [0.1, 0.15) is 136 Å². The van der Waals surface area contributed by atoms with Gasteiger partial charge in [0.15, 0.2) is 0 Å². The smallest absolute Gasteiger partial charge is 0.105 e. The molecular weight excluding hydrogens is 400 g/mol. The molecule has 1 heterocycles. The fourth-order valence-corrected chi connectivity index (χ4v) is 5.15. The van der Waals surface area contributed by atoms with E-state index in [1.165, 1.54) is 134 Å². The van der Waals surface area contributed by atoms with E-state index in [0.29, 0.717) is 6.17 Å². The SMILES string of the molecule is CCCCCCCCCCCC1N(CCCCCCCCCCC)C=CN1c1ccccc1. The van der Waals surface area contributed by atoms with E-state index in [4.69, 9.17) is 0 Å². The third-order valence-corrected chi connectivity index (χ3v) is 7.26. The largest absolute Gasteiger partial charge is 0.356 e. The van der Waals surface area contributed by atoms with Gasteiger partial charge in [-0.25, -0.2) is 0 Å². The molecule has 1 aliphatic rings. The summed E-state index contributed by atoms with van der Waals surface area (Å²) in [5.41, 5.74) is 1.34. The number of nitrogens with zero attached hydrogens (tertiary/aromatic N) is 2. The van der Waals surface area contributed by atoms with Crippen LogP contribution < -0.4 is 4.90 Å². The lowest BCUT2D eigenvalue weighted by Crippen LogP contribution is -2.39. The highest BCUT2D eigenvalue weighted by Crippen LogP contribution is 2.28. The monoisotopic (exact) mass is 454 g/mol. The molecule has 0 radical (unpaired) electrons. The van der Waals surface area contributed by atoms with E-state index < -0.39 is 0 Å². The molecule has 1 aliphatic heterocycles. The lowest BCUT2D eigenvalue weighted by molar-refractivity contribution is 0.273. The maximum atomic E-state index is 2.62. The molecule has 2 nitrogen and oxygen atoms in total. The van der Waals surface area contributed by atoms with Crippen LogP contribution in [0, 0.1) is 0 Å². The topological polar surface area (TPSA) is 6.48 Å². The van der Waals surface area contributed by atoms with Crippen molar-refractivity contribution in [3.63, 3.8) is 0 Å². The van der Waals surface area contributed by atoms with Gasteiger partial charge in [0, 0.05) is 24.6 Å². The van der Waals surface area contributed by atoms with Crippen molar-refractivity contribution in [2.45, 2.75) is 142 Å². The van der Waals surface area contributed by atoms with E-state index in [2.05, 4.69) is 66.4 Å². The molecule has 33 heavy (non-hydrogen) atoms. The molecule has 1 unspecified atom stereocenters. The number of hydrogen-bond donors (Lipinski definition) is 0. The summed E-state index contributed by atoms with van der Waals surface area (Å²) in [5.74, 6) is 0. The van der Waals surface area contributed by atoms with Crippen LogP contribution in [0.25, 0.3) is 0 Å². The van der Waals surface area contributed by atoms with Gasteiger partial charge in [0.2, 0.25) is 0 Å². The number of rotatable bonds is 21. The van der Waals surface area contributed by atoms with Crippen LogP contribution in [0.2, 0.25) is 0 Å². The summed E-state index contributed by atoms with van der Waals surface area (Å²) in [5, 5.41) is 0. The van der Waals surface area contributed by atoms with Crippen LogP contribution in [0.3, 0.4) is 0 Å². The van der Waals surface area contributed by atoms with E-state index in [0.717, 1.165) is 0 Å². The van der Waals surface area contributed by atoms with Crippen molar-refractivity contribution in [3.05, 3.63) is 42.7 Å². The molecule has 0 saturated carbocycles. The summed E-state index contributed by atoms with van der Waals surface area (Å²) >= 11 is 0. The molecule has 0 N–H and O–H groups in total. The fraction of sp³-hybridized carbons (Fsp3) is 0.742.